The molecule has 0 fully saturated rings. The fourth-order valence-electron chi connectivity index (χ4n) is 2.93. The number of benzene rings is 2. The van der Waals surface area contributed by atoms with Gasteiger partial charge in [-0.25, -0.2) is 0 Å². The minimum absolute atomic E-state index is 0.0225. The Morgan fingerprint density at radius 3 is 2.15 bits per heavy atom. The fraction of sp³-hybridized carbons (Fsp3) is 0.286. The van der Waals surface area contributed by atoms with Crippen molar-refractivity contribution in [1.29, 1.82) is 0 Å². The van der Waals surface area contributed by atoms with Gasteiger partial charge in [-0.2, -0.15) is 0 Å². The van der Waals surface area contributed by atoms with Gasteiger partial charge in [0.2, 0.25) is 0 Å². The van der Waals surface area contributed by atoms with Crippen LogP contribution in [0.3, 0.4) is 0 Å². The molecule has 4 nitrogen and oxygen atoms in total. The Balaban J connectivity index is 2.40. The van der Waals surface area contributed by atoms with E-state index < -0.39 is 17.8 Å². The monoisotopic (exact) mass is 372 g/mol. The van der Waals surface area contributed by atoms with Gasteiger partial charge in [0.25, 0.3) is 0 Å². The molecule has 0 amide bonds. The molecule has 0 aromatic heterocycles. The lowest BCUT2D eigenvalue weighted by molar-refractivity contribution is -0.152. The molecule has 26 heavy (non-hydrogen) atoms. The van der Waals surface area contributed by atoms with Crippen molar-refractivity contribution in [3.8, 4) is 0 Å². The van der Waals surface area contributed by atoms with Gasteiger partial charge in [-0.05, 0) is 31.5 Å². The lowest BCUT2D eigenvalue weighted by Crippen LogP contribution is -2.32. The molecule has 0 saturated heterocycles. The standard InChI is InChI=1S/C21H21ClO4/c1-3-26-21(25)20(14(2)23)18(15-9-11-17(22)12-10-15)13-19(24)16-7-5-4-6-8-16/h4-12,18,20H,3,13H2,1-2H3/t18-,20-/m0/s1. The van der Waals surface area contributed by atoms with Gasteiger partial charge >= 0.3 is 5.97 Å². The van der Waals surface area contributed by atoms with Crippen LogP contribution in [0.1, 0.15) is 42.1 Å². The molecule has 0 unspecified atom stereocenters. The van der Waals surface area contributed by atoms with Crippen LogP contribution >= 0.6 is 11.6 Å². The van der Waals surface area contributed by atoms with Crippen LogP contribution in [-0.4, -0.2) is 24.1 Å². The molecule has 0 bridgehead atoms. The summed E-state index contributed by atoms with van der Waals surface area (Å²) in [6, 6.07) is 15.6. The number of carbonyl (C=O) groups excluding carboxylic acids is 3. The quantitative estimate of drug-likeness (QED) is 0.390. The van der Waals surface area contributed by atoms with E-state index >= 15 is 0 Å². The van der Waals surface area contributed by atoms with Crippen LogP contribution in [0.4, 0.5) is 0 Å². The van der Waals surface area contributed by atoms with E-state index in [4.69, 9.17) is 16.3 Å². The second-order valence-corrected chi connectivity index (χ2v) is 6.43. The summed E-state index contributed by atoms with van der Waals surface area (Å²) >= 11 is 5.95. The third kappa shape index (κ3) is 5.02. The normalized spacial score (nSPS) is 12.9. The van der Waals surface area contributed by atoms with E-state index in [9.17, 15) is 14.4 Å². The van der Waals surface area contributed by atoms with Gasteiger partial charge in [0.05, 0.1) is 6.61 Å². The SMILES string of the molecule is CCOC(=O)[C@@H](C(C)=O)[C@@H](CC(=O)c1ccccc1)c1ccc(Cl)cc1. The van der Waals surface area contributed by atoms with Crippen molar-refractivity contribution in [3.63, 3.8) is 0 Å². The molecule has 2 atom stereocenters. The van der Waals surface area contributed by atoms with E-state index in [2.05, 4.69) is 0 Å². The molecule has 0 aliphatic heterocycles. The van der Waals surface area contributed by atoms with Crippen LogP contribution in [0.2, 0.25) is 5.02 Å². The molecule has 0 saturated carbocycles. The molecule has 0 radical (unpaired) electrons. The summed E-state index contributed by atoms with van der Waals surface area (Å²) in [5.41, 5.74) is 1.24. The summed E-state index contributed by atoms with van der Waals surface area (Å²) in [5, 5.41) is 0.539. The van der Waals surface area contributed by atoms with Crippen LogP contribution < -0.4 is 0 Å². The van der Waals surface area contributed by atoms with Gasteiger partial charge in [-0.1, -0.05) is 54.1 Å². The Morgan fingerprint density at radius 1 is 1.00 bits per heavy atom. The van der Waals surface area contributed by atoms with Crippen molar-refractivity contribution in [3.05, 3.63) is 70.7 Å². The maximum absolute atomic E-state index is 12.7. The minimum atomic E-state index is -1.04. The lowest BCUT2D eigenvalue weighted by Gasteiger charge is -2.24. The first-order valence-electron chi connectivity index (χ1n) is 8.44. The summed E-state index contributed by atoms with van der Waals surface area (Å²) in [6.45, 7) is 3.20. The summed E-state index contributed by atoms with van der Waals surface area (Å²) in [6.07, 6.45) is 0.0225. The lowest BCUT2D eigenvalue weighted by atomic mass is 9.79. The second-order valence-electron chi connectivity index (χ2n) is 5.99. The molecule has 5 heteroatoms. The molecule has 0 spiro atoms. The smallest absolute Gasteiger partial charge is 0.317 e. The summed E-state index contributed by atoms with van der Waals surface area (Å²) in [5.74, 6) is -2.73. The van der Waals surface area contributed by atoms with E-state index in [0.29, 0.717) is 16.1 Å². The predicted octanol–water partition coefficient (Wildman–Crippen LogP) is 4.46. The van der Waals surface area contributed by atoms with Gasteiger partial charge in [-0.3, -0.25) is 14.4 Å². The molecule has 2 aromatic carbocycles. The largest absolute Gasteiger partial charge is 0.465 e. The molecule has 0 heterocycles. The number of esters is 1. The Morgan fingerprint density at radius 2 is 1.62 bits per heavy atom. The van der Waals surface area contributed by atoms with Crippen molar-refractivity contribution in [2.24, 2.45) is 5.92 Å². The number of hydrogen-bond donors (Lipinski definition) is 0. The molecule has 0 N–H and O–H groups in total. The highest BCUT2D eigenvalue weighted by atomic mass is 35.5. The minimum Gasteiger partial charge on any atom is -0.465 e. The van der Waals surface area contributed by atoms with Gasteiger partial charge < -0.3 is 4.74 Å². The third-order valence-electron chi connectivity index (χ3n) is 4.18. The van der Waals surface area contributed by atoms with Crippen LogP contribution in [-0.2, 0) is 14.3 Å². The third-order valence-corrected chi connectivity index (χ3v) is 4.43. The summed E-state index contributed by atoms with van der Waals surface area (Å²) < 4.78 is 5.08. The van der Waals surface area contributed by atoms with Gasteiger partial charge in [0.1, 0.15) is 11.7 Å². The average Bonchev–Trinajstić information content (AvgIpc) is 2.62. The number of ether oxygens (including phenoxy) is 1. The van der Waals surface area contributed by atoms with Gasteiger partial charge in [0.15, 0.2) is 5.78 Å². The van der Waals surface area contributed by atoms with Crippen molar-refractivity contribution in [1.82, 2.24) is 0 Å². The molecule has 0 aliphatic carbocycles. The Hall–Kier alpha value is -2.46. The molecule has 0 aliphatic rings. The van der Waals surface area contributed by atoms with E-state index in [-0.39, 0.29) is 24.6 Å². The second kappa shape index (κ2) is 9.30. The Labute approximate surface area is 158 Å². The molecule has 2 rings (SSSR count). The predicted molar refractivity (Wildman–Crippen MR) is 100 cm³/mol. The zero-order valence-corrected chi connectivity index (χ0v) is 15.5. The number of ketones is 2. The van der Waals surface area contributed by atoms with E-state index in [1.165, 1.54) is 6.92 Å². The molecular weight excluding hydrogens is 352 g/mol. The maximum atomic E-state index is 12.7. The highest BCUT2D eigenvalue weighted by Crippen LogP contribution is 2.32. The van der Waals surface area contributed by atoms with Gasteiger partial charge in [-0.15, -0.1) is 0 Å². The van der Waals surface area contributed by atoms with Crippen LogP contribution in [0.15, 0.2) is 54.6 Å². The van der Waals surface area contributed by atoms with E-state index in [0.717, 1.165) is 0 Å². The Kier molecular flexibility index (Phi) is 7.10. The van der Waals surface area contributed by atoms with Crippen molar-refractivity contribution in [2.75, 3.05) is 6.61 Å². The van der Waals surface area contributed by atoms with Gasteiger partial charge in [0, 0.05) is 22.9 Å². The van der Waals surface area contributed by atoms with Crippen molar-refractivity contribution in [2.45, 2.75) is 26.2 Å². The zero-order chi connectivity index (χ0) is 19.1. The van der Waals surface area contributed by atoms with Crippen LogP contribution in [0.25, 0.3) is 0 Å². The topological polar surface area (TPSA) is 60.4 Å². The molecule has 136 valence electrons. The summed E-state index contributed by atoms with van der Waals surface area (Å²) in [4.78, 5) is 37.3. The van der Waals surface area contributed by atoms with Crippen LogP contribution in [0, 0.1) is 5.92 Å². The fourth-order valence-corrected chi connectivity index (χ4v) is 3.05. The highest BCUT2D eigenvalue weighted by molar-refractivity contribution is 6.30. The van der Waals surface area contributed by atoms with Crippen molar-refractivity contribution < 1.29 is 19.1 Å². The highest BCUT2D eigenvalue weighted by Gasteiger charge is 2.36. The first-order chi connectivity index (χ1) is 12.4. The molecular formula is C21H21ClO4. The van der Waals surface area contributed by atoms with E-state index in [1.54, 1.807) is 55.5 Å². The number of Topliss-reactive ketones (excluding diaryl/α,β-unsaturated/α-hetero) is 2. The number of hydrogen-bond acceptors (Lipinski definition) is 4. The first kappa shape index (κ1) is 19.9. The number of rotatable bonds is 8. The number of halogens is 1. The first-order valence-corrected chi connectivity index (χ1v) is 8.82. The zero-order valence-electron chi connectivity index (χ0n) is 14.8. The number of carbonyl (C=O) groups is 3. The Bertz CT molecular complexity index is 768. The summed E-state index contributed by atoms with van der Waals surface area (Å²) in [7, 11) is 0. The molecule has 2 aromatic rings. The average molecular weight is 373 g/mol. The van der Waals surface area contributed by atoms with Crippen molar-refractivity contribution >= 4 is 29.1 Å². The van der Waals surface area contributed by atoms with Crippen LogP contribution in [0.5, 0.6) is 0 Å². The van der Waals surface area contributed by atoms with E-state index in [1.807, 2.05) is 6.07 Å². The maximum Gasteiger partial charge on any atom is 0.317 e.